The molecule has 6 atom stereocenters. The molecule has 232 valence electrons. The largest absolute Gasteiger partial charge is 0.493 e. The van der Waals surface area contributed by atoms with Crippen LogP contribution in [-0.4, -0.2) is 78.3 Å². The Morgan fingerprint density at radius 3 is 2.60 bits per heavy atom. The van der Waals surface area contributed by atoms with E-state index in [0.717, 1.165) is 25.0 Å². The number of nitrogens with zero attached hydrogens (tertiary/aromatic N) is 1. The molecule has 6 unspecified atom stereocenters. The van der Waals surface area contributed by atoms with Gasteiger partial charge < -0.3 is 29.9 Å². The Labute approximate surface area is 262 Å². The third kappa shape index (κ3) is 6.80. The van der Waals surface area contributed by atoms with E-state index in [9.17, 15) is 24.6 Å². The zero-order valence-electron chi connectivity index (χ0n) is 25.3. The number of methoxy groups -OCH3 is 1. The van der Waals surface area contributed by atoms with Gasteiger partial charge in [0.15, 0.2) is 11.5 Å². The van der Waals surface area contributed by atoms with E-state index in [1.54, 1.807) is 18.2 Å². The molecule has 0 aromatic heterocycles. The van der Waals surface area contributed by atoms with Crippen molar-refractivity contribution in [3.05, 3.63) is 32.9 Å². The van der Waals surface area contributed by atoms with Gasteiger partial charge in [-0.3, -0.25) is 14.4 Å². The summed E-state index contributed by atoms with van der Waals surface area (Å²) in [6, 6.07) is 2.54. The highest BCUT2D eigenvalue weighted by Crippen LogP contribution is 2.61. The van der Waals surface area contributed by atoms with E-state index in [4.69, 9.17) is 9.47 Å². The molecule has 0 saturated heterocycles. The molecule has 1 aromatic rings. The highest BCUT2D eigenvalue weighted by atomic mass is 127. The van der Waals surface area contributed by atoms with Gasteiger partial charge in [0.1, 0.15) is 18.5 Å². The van der Waals surface area contributed by atoms with Gasteiger partial charge in [0.05, 0.1) is 23.3 Å². The van der Waals surface area contributed by atoms with Crippen LogP contribution in [0.1, 0.15) is 70.2 Å². The van der Waals surface area contributed by atoms with Gasteiger partial charge in [-0.15, -0.1) is 0 Å². The maximum absolute atomic E-state index is 13.9. The number of hydrogen-bond donors (Lipinski definition) is 3. The fourth-order valence-electron chi connectivity index (χ4n) is 7.16. The van der Waals surface area contributed by atoms with E-state index < -0.39 is 18.2 Å². The molecule has 0 spiro atoms. The van der Waals surface area contributed by atoms with Crippen LogP contribution < -0.4 is 14.8 Å². The van der Waals surface area contributed by atoms with Gasteiger partial charge in [0.2, 0.25) is 11.8 Å². The summed E-state index contributed by atoms with van der Waals surface area (Å²) in [6.45, 7) is 9.08. The molecule has 9 nitrogen and oxygen atoms in total. The van der Waals surface area contributed by atoms with Crippen molar-refractivity contribution in [3.8, 4) is 11.5 Å². The van der Waals surface area contributed by atoms with Gasteiger partial charge in [-0.2, -0.15) is 0 Å². The van der Waals surface area contributed by atoms with Gasteiger partial charge in [0.25, 0.3) is 0 Å². The van der Waals surface area contributed by atoms with Crippen molar-refractivity contribution in [1.82, 2.24) is 10.2 Å². The second-order valence-corrected chi connectivity index (χ2v) is 14.2. The molecular weight excluding hydrogens is 651 g/mol. The Kier molecular flexibility index (Phi) is 10.6. The SMILES string of the molecule is COc1cc(C=O)cc(I)c1OC1C=C(C(=O)NCCO)CC(N(CC2CCC3CC2C3(C)C)C(=O)CC(C)C)C1O. The second-order valence-electron chi connectivity index (χ2n) is 13.0. The maximum Gasteiger partial charge on any atom is 0.247 e. The first kappa shape index (κ1) is 32.7. The van der Waals surface area contributed by atoms with Gasteiger partial charge in [-0.1, -0.05) is 27.7 Å². The zero-order valence-corrected chi connectivity index (χ0v) is 27.4. The van der Waals surface area contributed by atoms with Gasteiger partial charge >= 0.3 is 0 Å². The number of hydrogen-bond acceptors (Lipinski definition) is 7. The number of benzene rings is 1. The number of rotatable bonds is 12. The van der Waals surface area contributed by atoms with E-state index >= 15 is 0 Å². The molecule has 3 fully saturated rings. The van der Waals surface area contributed by atoms with Crippen LogP contribution in [-0.2, 0) is 9.59 Å². The lowest BCUT2D eigenvalue weighted by atomic mass is 9.45. The maximum atomic E-state index is 13.9. The molecule has 3 N–H and O–H groups in total. The predicted octanol–water partition coefficient (Wildman–Crippen LogP) is 3.97. The molecule has 1 aromatic carbocycles. The predicted molar refractivity (Wildman–Crippen MR) is 167 cm³/mol. The highest BCUT2D eigenvalue weighted by molar-refractivity contribution is 14.1. The van der Waals surface area contributed by atoms with Crippen LogP contribution in [0.5, 0.6) is 11.5 Å². The molecule has 2 amide bonds. The van der Waals surface area contributed by atoms with Crippen LogP contribution in [0.4, 0.5) is 0 Å². The molecule has 4 aliphatic carbocycles. The van der Waals surface area contributed by atoms with Gasteiger partial charge in [-0.05, 0) is 89.1 Å². The third-order valence-corrected chi connectivity index (χ3v) is 10.4. The lowest BCUT2D eigenvalue weighted by molar-refractivity contribution is -0.148. The molecule has 4 aliphatic rings. The Morgan fingerprint density at radius 2 is 2.00 bits per heavy atom. The summed E-state index contributed by atoms with van der Waals surface area (Å²) >= 11 is 2.05. The van der Waals surface area contributed by atoms with Crippen LogP contribution in [0.25, 0.3) is 0 Å². The molecule has 0 heterocycles. The van der Waals surface area contributed by atoms with Crippen LogP contribution in [0.3, 0.4) is 0 Å². The standard InChI is InChI=1S/C32H45IN2O7/c1-18(2)10-28(38)35(16-20-6-7-22-15-23(20)32(22,3)4)25-13-21(31(40)34-8-9-36)14-26(29(25)39)42-30-24(33)11-19(17-37)12-27(30)41-5/h11-12,14,17-18,20,22-23,25-26,29,36,39H,6-10,13,15-16H2,1-5H3,(H,34,40). The Bertz CT molecular complexity index is 1200. The summed E-state index contributed by atoms with van der Waals surface area (Å²) in [5.74, 6) is 1.96. The molecule has 0 radical (unpaired) electrons. The highest BCUT2D eigenvalue weighted by Gasteiger charge is 2.55. The van der Waals surface area contributed by atoms with Crippen LogP contribution in [0.15, 0.2) is 23.8 Å². The first-order valence-corrected chi connectivity index (χ1v) is 16.1. The van der Waals surface area contributed by atoms with Crippen molar-refractivity contribution in [2.24, 2.45) is 29.1 Å². The summed E-state index contributed by atoms with van der Waals surface area (Å²) in [6.07, 6.45) is 4.11. The number of amides is 2. The average Bonchev–Trinajstić information content (AvgIpc) is 2.95. The minimum atomic E-state index is -1.12. The van der Waals surface area contributed by atoms with E-state index in [-0.39, 0.29) is 42.7 Å². The Balaban J connectivity index is 1.70. The van der Waals surface area contributed by atoms with E-state index in [1.807, 2.05) is 41.3 Å². The second kappa shape index (κ2) is 13.6. The first-order chi connectivity index (χ1) is 19.9. The average molecular weight is 697 g/mol. The molecular formula is C32H45IN2O7. The summed E-state index contributed by atoms with van der Waals surface area (Å²) in [4.78, 5) is 40.3. The van der Waals surface area contributed by atoms with Crippen molar-refractivity contribution < 1.29 is 34.1 Å². The van der Waals surface area contributed by atoms with E-state index in [1.165, 1.54) is 13.5 Å². The van der Waals surface area contributed by atoms with Crippen LogP contribution in [0.2, 0.25) is 0 Å². The van der Waals surface area contributed by atoms with Gasteiger partial charge in [0, 0.05) is 37.1 Å². The van der Waals surface area contributed by atoms with E-state index in [0.29, 0.717) is 51.0 Å². The Hall–Kier alpha value is -2.18. The topological polar surface area (TPSA) is 125 Å². The summed E-state index contributed by atoms with van der Waals surface area (Å²) < 4.78 is 12.5. The number of nitrogens with one attached hydrogen (secondary N) is 1. The monoisotopic (exact) mass is 696 g/mol. The van der Waals surface area contributed by atoms with Crippen molar-refractivity contribution in [2.75, 3.05) is 26.8 Å². The molecule has 3 saturated carbocycles. The van der Waals surface area contributed by atoms with E-state index in [2.05, 4.69) is 19.2 Å². The smallest absolute Gasteiger partial charge is 0.247 e. The zero-order chi connectivity index (χ0) is 30.8. The van der Waals surface area contributed by atoms with Crippen LogP contribution >= 0.6 is 22.6 Å². The number of ether oxygens (including phenoxy) is 2. The number of aliphatic hydroxyl groups is 2. The van der Waals surface area contributed by atoms with Crippen molar-refractivity contribution in [2.45, 2.75) is 78.0 Å². The fourth-order valence-corrected chi connectivity index (χ4v) is 7.91. The molecule has 0 aliphatic heterocycles. The Morgan fingerprint density at radius 1 is 1.26 bits per heavy atom. The molecule has 42 heavy (non-hydrogen) atoms. The normalized spacial score (nSPS) is 27.9. The van der Waals surface area contributed by atoms with Crippen molar-refractivity contribution in [3.63, 3.8) is 0 Å². The number of fused-ring (bicyclic) bond motifs is 2. The van der Waals surface area contributed by atoms with Crippen LogP contribution in [0, 0.1) is 32.7 Å². The summed E-state index contributed by atoms with van der Waals surface area (Å²) in [5, 5.41) is 23.9. The number of halogens is 1. The molecule has 5 rings (SSSR count). The fraction of sp³-hybridized carbons (Fsp3) is 0.656. The quantitative estimate of drug-likeness (QED) is 0.223. The number of aliphatic hydroxyl groups excluding tert-OH is 2. The summed E-state index contributed by atoms with van der Waals surface area (Å²) in [5.41, 5.74) is 1.05. The van der Waals surface area contributed by atoms with Crippen molar-refractivity contribution in [1.29, 1.82) is 0 Å². The summed E-state index contributed by atoms with van der Waals surface area (Å²) in [7, 11) is 1.47. The van der Waals surface area contributed by atoms with Gasteiger partial charge in [-0.25, -0.2) is 0 Å². The number of carbonyl (C=O) groups is 3. The lowest BCUT2D eigenvalue weighted by Gasteiger charge is -2.61. The lowest BCUT2D eigenvalue weighted by Crippen LogP contribution is -2.59. The molecule has 2 bridgehead atoms. The number of aldehydes is 1. The number of carbonyl (C=O) groups excluding carboxylic acids is 3. The molecule has 10 heteroatoms. The third-order valence-electron chi connectivity index (χ3n) is 9.59. The first-order valence-electron chi connectivity index (χ1n) is 15.0. The minimum Gasteiger partial charge on any atom is -0.493 e. The minimum absolute atomic E-state index is 0.0356. The van der Waals surface area contributed by atoms with Crippen molar-refractivity contribution >= 4 is 40.7 Å².